The molecule has 1 aromatic heterocycles. The SMILES string of the molecule is Cn1ncc(Br)c1CCc1ccccc1. The topological polar surface area (TPSA) is 17.8 Å². The number of benzene rings is 1. The number of aryl methyl sites for hydroxylation is 2. The fourth-order valence-corrected chi connectivity index (χ4v) is 2.17. The molecule has 2 nitrogen and oxygen atoms in total. The van der Waals surface area contributed by atoms with Gasteiger partial charge in [0.25, 0.3) is 0 Å². The van der Waals surface area contributed by atoms with Crippen molar-refractivity contribution in [2.45, 2.75) is 12.8 Å². The van der Waals surface area contributed by atoms with Crippen LogP contribution in [0.25, 0.3) is 0 Å². The van der Waals surface area contributed by atoms with Crippen LogP contribution in [-0.2, 0) is 19.9 Å². The van der Waals surface area contributed by atoms with Gasteiger partial charge in [0.2, 0.25) is 0 Å². The first-order chi connectivity index (χ1) is 7.27. The van der Waals surface area contributed by atoms with Gasteiger partial charge in [0.15, 0.2) is 0 Å². The molecule has 3 heteroatoms. The van der Waals surface area contributed by atoms with Gasteiger partial charge in [0, 0.05) is 7.05 Å². The van der Waals surface area contributed by atoms with Gasteiger partial charge in [-0.05, 0) is 34.3 Å². The normalized spacial score (nSPS) is 10.5. The number of rotatable bonds is 3. The summed E-state index contributed by atoms with van der Waals surface area (Å²) in [4.78, 5) is 0. The van der Waals surface area contributed by atoms with Crippen LogP contribution in [0.2, 0.25) is 0 Å². The monoisotopic (exact) mass is 264 g/mol. The number of nitrogens with zero attached hydrogens (tertiary/aromatic N) is 2. The molecule has 0 N–H and O–H groups in total. The summed E-state index contributed by atoms with van der Waals surface area (Å²) in [5.41, 5.74) is 2.62. The predicted octanol–water partition coefficient (Wildman–Crippen LogP) is 2.97. The van der Waals surface area contributed by atoms with Gasteiger partial charge in [-0.1, -0.05) is 30.3 Å². The Morgan fingerprint density at radius 2 is 1.93 bits per heavy atom. The zero-order chi connectivity index (χ0) is 10.7. The van der Waals surface area contributed by atoms with E-state index >= 15 is 0 Å². The Morgan fingerprint density at radius 1 is 1.20 bits per heavy atom. The predicted molar refractivity (Wildman–Crippen MR) is 64.8 cm³/mol. The summed E-state index contributed by atoms with van der Waals surface area (Å²) in [6.07, 6.45) is 3.92. The Labute approximate surface area is 98.1 Å². The van der Waals surface area contributed by atoms with E-state index in [1.54, 1.807) is 0 Å². The van der Waals surface area contributed by atoms with Gasteiger partial charge < -0.3 is 0 Å². The van der Waals surface area contributed by atoms with Crippen LogP contribution in [-0.4, -0.2) is 9.78 Å². The zero-order valence-electron chi connectivity index (χ0n) is 8.65. The van der Waals surface area contributed by atoms with Crippen molar-refractivity contribution in [3.05, 3.63) is 52.3 Å². The van der Waals surface area contributed by atoms with Crippen molar-refractivity contribution in [3.8, 4) is 0 Å². The average Bonchev–Trinajstić information content (AvgIpc) is 2.58. The van der Waals surface area contributed by atoms with E-state index < -0.39 is 0 Å². The van der Waals surface area contributed by atoms with Crippen LogP contribution in [0.5, 0.6) is 0 Å². The maximum atomic E-state index is 4.20. The van der Waals surface area contributed by atoms with E-state index in [1.807, 2.05) is 24.0 Å². The fourth-order valence-electron chi connectivity index (χ4n) is 1.62. The zero-order valence-corrected chi connectivity index (χ0v) is 10.2. The highest BCUT2D eigenvalue weighted by Gasteiger charge is 2.05. The van der Waals surface area contributed by atoms with Crippen LogP contribution in [0.15, 0.2) is 41.0 Å². The lowest BCUT2D eigenvalue weighted by molar-refractivity contribution is 0.702. The van der Waals surface area contributed by atoms with Gasteiger partial charge in [-0.2, -0.15) is 5.10 Å². The standard InChI is InChI=1S/C12H13BrN2/c1-15-12(11(13)9-14-15)8-7-10-5-3-2-4-6-10/h2-6,9H,7-8H2,1H3. The highest BCUT2D eigenvalue weighted by Crippen LogP contribution is 2.17. The van der Waals surface area contributed by atoms with Crippen LogP contribution in [0, 0.1) is 0 Å². The molecule has 0 unspecified atom stereocenters. The fraction of sp³-hybridized carbons (Fsp3) is 0.250. The first-order valence-electron chi connectivity index (χ1n) is 4.97. The summed E-state index contributed by atoms with van der Waals surface area (Å²) in [5, 5.41) is 4.20. The molecular weight excluding hydrogens is 252 g/mol. The van der Waals surface area contributed by atoms with E-state index in [0.29, 0.717) is 0 Å². The maximum Gasteiger partial charge on any atom is 0.0635 e. The quantitative estimate of drug-likeness (QED) is 0.834. The molecule has 0 radical (unpaired) electrons. The van der Waals surface area contributed by atoms with E-state index in [0.717, 1.165) is 17.3 Å². The van der Waals surface area contributed by atoms with Crippen LogP contribution in [0.4, 0.5) is 0 Å². The molecule has 15 heavy (non-hydrogen) atoms. The van der Waals surface area contributed by atoms with Crippen molar-refractivity contribution in [1.82, 2.24) is 9.78 Å². The van der Waals surface area contributed by atoms with Gasteiger partial charge in [-0.3, -0.25) is 4.68 Å². The molecule has 2 aromatic rings. The largest absolute Gasteiger partial charge is 0.271 e. The van der Waals surface area contributed by atoms with E-state index in [9.17, 15) is 0 Å². The van der Waals surface area contributed by atoms with E-state index in [-0.39, 0.29) is 0 Å². The molecule has 0 amide bonds. The summed E-state index contributed by atoms with van der Waals surface area (Å²) in [5.74, 6) is 0. The third-order valence-corrected chi connectivity index (χ3v) is 3.17. The molecule has 78 valence electrons. The molecule has 2 rings (SSSR count). The van der Waals surface area contributed by atoms with Crippen LogP contribution < -0.4 is 0 Å². The Kier molecular flexibility index (Phi) is 3.21. The van der Waals surface area contributed by atoms with Crippen molar-refractivity contribution in [3.63, 3.8) is 0 Å². The van der Waals surface area contributed by atoms with Gasteiger partial charge in [0.1, 0.15) is 0 Å². The third kappa shape index (κ3) is 2.48. The van der Waals surface area contributed by atoms with Crippen molar-refractivity contribution >= 4 is 15.9 Å². The average molecular weight is 265 g/mol. The van der Waals surface area contributed by atoms with Gasteiger partial charge in [-0.15, -0.1) is 0 Å². The molecule has 0 fully saturated rings. The summed E-state index contributed by atoms with van der Waals surface area (Å²) in [6, 6.07) is 10.5. The van der Waals surface area contributed by atoms with Crippen molar-refractivity contribution < 1.29 is 0 Å². The third-order valence-electron chi connectivity index (χ3n) is 2.50. The second-order valence-corrected chi connectivity index (χ2v) is 4.40. The maximum absolute atomic E-state index is 4.20. The second kappa shape index (κ2) is 4.62. The Bertz CT molecular complexity index is 415. The Balaban J connectivity index is 2.05. The first kappa shape index (κ1) is 10.4. The lowest BCUT2D eigenvalue weighted by Crippen LogP contribution is -2.00. The van der Waals surface area contributed by atoms with E-state index in [1.165, 1.54) is 11.3 Å². The molecular formula is C12H13BrN2. The van der Waals surface area contributed by atoms with E-state index in [2.05, 4.69) is 45.3 Å². The number of aromatic nitrogens is 2. The molecule has 1 aromatic carbocycles. The van der Waals surface area contributed by atoms with Gasteiger partial charge in [0.05, 0.1) is 16.4 Å². The second-order valence-electron chi connectivity index (χ2n) is 3.55. The molecule has 0 spiro atoms. The van der Waals surface area contributed by atoms with Crippen LogP contribution in [0.1, 0.15) is 11.3 Å². The number of hydrogen-bond donors (Lipinski definition) is 0. The minimum absolute atomic E-state index is 1.01. The summed E-state index contributed by atoms with van der Waals surface area (Å²) < 4.78 is 3.02. The molecule has 0 aliphatic carbocycles. The lowest BCUT2D eigenvalue weighted by atomic mass is 10.1. The smallest absolute Gasteiger partial charge is 0.0635 e. The number of hydrogen-bond acceptors (Lipinski definition) is 1. The minimum atomic E-state index is 1.01. The minimum Gasteiger partial charge on any atom is -0.271 e. The molecule has 1 heterocycles. The summed E-state index contributed by atoms with van der Waals surface area (Å²) >= 11 is 3.51. The molecule has 0 aliphatic heterocycles. The van der Waals surface area contributed by atoms with Gasteiger partial charge in [-0.25, -0.2) is 0 Å². The highest BCUT2D eigenvalue weighted by molar-refractivity contribution is 9.10. The Morgan fingerprint density at radius 3 is 2.53 bits per heavy atom. The van der Waals surface area contributed by atoms with Crippen molar-refractivity contribution in [2.75, 3.05) is 0 Å². The van der Waals surface area contributed by atoms with Crippen molar-refractivity contribution in [1.29, 1.82) is 0 Å². The lowest BCUT2D eigenvalue weighted by Gasteiger charge is -2.03. The molecule has 0 saturated heterocycles. The van der Waals surface area contributed by atoms with Gasteiger partial charge >= 0.3 is 0 Å². The van der Waals surface area contributed by atoms with Crippen molar-refractivity contribution in [2.24, 2.45) is 7.05 Å². The molecule has 0 aliphatic rings. The molecule has 0 saturated carbocycles. The molecule has 0 atom stereocenters. The summed E-state index contributed by atoms with van der Waals surface area (Å²) in [6.45, 7) is 0. The number of halogens is 1. The van der Waals surface area contributed by atoms with Crippen LogP contribution in [0.3, 0.4) is 0 Å². The van der Waals surface area contributed by atoms with Crippen LogP contribution >= 0.6 is 15.9 Å². The Hall–Kier alpha value is -1.09. The molecule has 0 bridgehead atoms. The van der Waals surface area contributed by atoms with E-state index in [4.69, 9.17) is 0 Å². The summed E-state index contributed by atoms with van der Waals surface area (Å²) in [7, 11) is 1.98. The highest BCUT2D eigenvalue weighted by atomic mass is 79.9. The first-order valence-corrected chi connectivity index (χ1v) is 5.77.